The highest BCUT2D eigenvalue weighted by molar-refractivity contribution is 8.13. The van der Waals surface area contributed by atoms with E-state index in [-0.39, 0.29) is 10.9 Å². The van der Waals surface area contributed by atoms with Gasteiger partial charge < -0.3 is 0 Å². The summed E-state index contributed by atoms with van der Waals surface area (Å²) in [6, 6.07) is 11.8. The van der Waals surface area contributed by atoms with Crippen LogP contribution in [0.4, 0.5) is 10.1 Å². The van der Waals surface area contributed by atoms with Crippen LogP contribution in [0.2, 0.25) is 5.02 Å². The van der Waals surface area contributed by atoms with E-state index in [2.05, 4.69) is 11.9 Å². The number of amides is 1. The molecule has 0 unspecified atom stereocenters. The molecular formula is C19H18ClFN2OS. The number of carbonyl (C=O) groups is 1. The number of thioether (sulfide) groups is 1. The smallest absolute Gasteiger partial charge is 0.261 e. The fourth-order valence-corrected chi connectivity index (χ4v) is 3.77. The molecule has 0 saturated carbocycles. The Morgan fingerprint density at radius 3 is 2.72 bits per heavy atom. The Kier molecular flexibility index (Phi) is 5.76. The topological polar surface area (TPSA) is 32.7 Å². The fourth-order valence-electron chi connectivity index (χ4n) is 2.57. The summed E-state index contributed by atoms with van der Waals surface area (Å²) in [5.41, 5.74) is 2.34. The standard InChI is InChI=1S/C19H18ClFN2OS/c1-2-13-4-7-15(8-5-13)22-19-23(10-3-11-25-19)18(24)16-9-6-14(21)12-17(16)20/h4-9,12H,2-3,10-11H2,1H3. The van der Waals surface area contributed by atoms with Crippen LogP contribution in [-0.4, -0.2) is 28.3 Å². The molecule has 1 amide bonds. The fraction of sp³-hybridized carbons (Fsp3) is 0.263. The summed E-state index contributed by atoms with van der Waals surface area (Å²) in [5, 5.41) is 0.771. The van der Waals surface area contributed by atoms with E-state index >= 15 is 0 Å². The lowest BCUT2D eigenvalue weighted by molar-refractivity contribution is 0.0849. The van der Waals surface area contributed by atoms with Crippen LogP contribution in [0.25, 0.3) is 0 Å². The third-order valence-electron chi connectivity index (χ3n) is 3.96. The van der Waals surface area contributed by atoms with Gasteiger partial charge in [0.25, 0.3) is 5.91 Å². The number of halogens is 2. The van der Waals surface area contributed by atoms with Crippen LogP contribution in [-0.2, 0) is 6.42 Å². The molecule has 3 nitrogen and oxygen atoms in total. The molecule has 1 saturated heterocycles. The summed E-state index contributed by atoms with van der Waals surface area (Å²) < 4.78 is 13.2. The Morgan fingerprint density at radius 2 is 2.04 bits per heavy atom. The SMILES string of the molecule is CCc1ccc(N=C2SCCCN2C(=O)c2ccc(F)cc2Cl)cc1. The van der Waals surface area contributed by atoms with Crippen molar-refractivity contribution < 1.29 is 9.18 Å². The van der Waals surface area contributed by atoms with Crippen molar-refractivity contribution in [2.75, 3.05) is 12.3 Å². The number of rotatable bonds is 3. The first kappa shape index (κ1) is 18.0. The van der Waals surface area contributed by atoms with E-state index in [9.17, 15) is 9.18 Å². The molecule has 1 aliphatic heterocycles. The van der Waals surface area contributed by atoms with Crippen LogP contribution in [0, 0.1) is 5.82 Å². The van der Waals surface area contributed by atoms with Gasteiger partial charge in [-0.2, -0.15) is 0 Å². The second-order valence-electron chi connectivity index (χ2n) is 5.70. The maximum absolute atomic E-state index is 13.2. The molecule has 3 rings (SSSR count). The normalized spacial score (nSPS) is 16.3. The van der Waals surface area contributed by atoms with Gasteiger partial charge in [0, 0.05) is 12.3 Å². The Balaban J connectivity index is 1.89. The van der Waals surface area contributed by atoms with Crippen LogP contribution in [0.15, 0.2) is 47.5 Å². The number of carbonyl (C=O) groups excluding carboxylic acids is 1. The summed E-state index contributed by atoms with van der Waals surface area (Å²) in [6.07, 6.45) is 1.85. The zero-order valence-corrected chi connectivity index (χ0v) is 15.4. The van der Waals surface area contributed by atoms with E-state index in [1.165, 1.54) is 17.7 Å². The zero-order chi connectivity index (χ0) is 17.8. The maximum Gasteiger partial charge on any atom is 0.261 e. The van der Waals surface area contributed by atoms with Crippen molar-refractivity contribution in [2.24, 2.45) is 4.99 Å². The average Bonchev–Trinajstić information content (AvgIpc) is 2.62. The predicted molar refractivity (Wildman–Crippen MR) is 102 cm³/mol. The first-order valence-electron chi connectivity index (χ1n) is 8.16. The Morgan fingerprint density at radius 1 is 1.28 bits per heavy atom. The predicted octanol–water partition coefficient (Wildman–Crippen LogP) is 5.31. The molecule has 0 radical (unpaired) electrons. The first-order chi connectivity index (χ1) is 12.1. The minimum Gasteiger partial charge on any atom is -0.287 e. The van der Waals surface area contributed by atoms with Crippen LogP contribution in [0.3, 0.4) is 0 Å². The summed E-state index contributed by atoms with van der Waals surface area (Å²) >= 11 is 7.60. The number of hydrogen-bond acceptors (Lipinski definition) is 3. The summed E-state index contributed by atoms with van der Waals surface area (Å²) in [7, 11) is 0. The molecular weight excluding hydrogens is 359 g/mol. The van der Waals surface area contributed by atoms with Gasteiger partial charge in [-0.1, -0.05) is 42.4 Å². The van der Waals surface area contributed by atoms with Gasteiger partial charge in [-0.3, -0.25) is 9.69 Å². The lowest BCUT2D eigenvalue weighted by Crippen LogP contribution is -2.39. The summed E-state index contributed by atoms with van der Waals surface area (Å²) in [6.45, 7) is 2.68. The van der Waals surface area contributed by atoms with Gasteiger partial charge in [0.15, 0.2) is 5.17 Å². The molecule has 1 fully saturated rings. The van der Waals surface area contributed by atoms with Crippen LogP contribution in [0.5, 0.6) is 0 Å². The molecule has 0 N–H and O–H groups in total. The van der Waals surface area contributed by atoms with E-state index in [0.717, 1.165) is 30.3 Å². The molecule has 6 heteroatoms. The molecule has 0 bridgehead atoms. The number of benzene rings is 2. The summed E-state index contributed by atoms with van der Waals surface area (Å²) in [5.74, 6) is 0.202. The third kappa shape index (κ3) is 4.22. The lowest BCUT2D eigenvalue weighted by atomic mass is 10.1. The molecule has 2 aromatic rings. The molecule has 1 aliphatic rings. The molecule has 0 aliphatic carbocycles. The van der Waals surface area contributed by atoms with Gasteiger partial charge in [0.2, 0.25) is 0 Å². The van der Waals surface area contributed by atoms with Gasteiger partial charge in [-0.05, 0) is 48.7 Å². The van der Waals surface area contributed by atoms with Crippen LogP contribution in [0.1, 0.15) is 29.3 Å². The number of nitrogens with zero attached hydrogens (tertiary/aromatic N) is 2. The molecule has 0 aromatic heterocycles. The van der Waals surface area contributed by atoms with E-state index in [1.54, 1.807) is 16.7 Å². The molecule has 0 spiro atoms. The highest BCUT2D eigenvalue weighted by atomic mass is 35.5. The molecule has 1 heterocycles. The van der Waals surface area contributed by atoms with Gasteiger partial charge in [-0.25, -0.2) is 9.38 Å². The summed E-state index contributed by atoms with van der Waals surface area (Å²) in [4.78, 5) is 19.1. The first-order valence-corrected chi connectivity index (χ1v) is 9.52. The monoisotopic (exact) mass is 376 g/mol. The van der Waals surface area contributed by atoms with Gasteiger partial charge in [0.1, 0.15) is 5.82 Å². The zero-order valence-electron chi connectivity index (χ0n) is 13.8. The van der Waals surface area contributed by atoms with Crippen LogP contribution < -0.4 is 0 Å². The van der Waals surface area contributed by atoms with Gasteiger partial charge in [-0.15, -0.1) is 0 Å². The van der Waals surface area contributed by atoms with Crippen molar-refractivity contribution >= 4 is 40.1 Å². The molecule has 25 heavy (non-hydrogen) atoms. The third-order valence-corrected chi connectivity index (χ3v) is 5.34. The lowest BCUT2D eigenvalue weighted by Gasteiger charge is -2.28. The van der Waals surface area contributed by atoms with Crippen LogP contribution >= 0.6 is 23.4 Å². The van der Waals surface area contributed by atoms with Crippen molar-refractivity contribution in [3.8, 4) is 0 Å². The molecule has 2 aromatic carbocycles. The van der Waals surface area contributed by atoms with Crippen molar-refractivity contribution in [3.05, 3.63) is 64.4 Å². The Labute approximate surface area is 155 Å². The highest BCUT2D eigenvalue weighted by Gasteiger charge is 2.26. The minimum atomic E-state index is -0.459. The Bertz CT molecular complexity index is 808. The van der Waals surface area contributed by atoms with Gasteiger partial charge >= 0.3 is 0 Å². The highest BCUT2D eigenvalue weighted by Crippen LogP contribution is 2.26. The largest absolute Gasteiger partial charge is 0.287 e. The molecule has 0 atom stereocenters. The van der Waals surface area contributed by atoms with E-state index in [1.807, 2.05) is 24.3 Å². The van der Waals surface area contributed by atoms with E-state index in [4.69, 9.17) is 11.6 Å². The number of aliphatic imine (C=N–C) groups is 1. The number of hydrogen-bond donors (Lipinski definition) is 0. The molecule has 130 valence electrons. The average molecular weight is 377 g/mol. The van der Waals surface area contributed by atoms with Crippen molar-refractivity contribution in [1.82, 2.24) is 4.90 Å². The minimum absolute atomic E-state index is 0.118. The van der Waals surface area contributed by atoms with Crippen molar-refractivity contribution in [2.45, 2.75) is 19.8 Å². The quantitative estimate of drug-likeness (QED) is 0.727. The maximum atomic E-state index is 13.2. The van der Waals surface area contributed by atoms with Crippen molar-refractivity contribution in [1.29, 1.82) is 0 Å². The second kappa shape index (κ2) is 8.02. The van der Waals surface area contributed by atoms with Crippen molar-refractivity contribution in [3.63, 3.8) is 0 Å². The van der Waals surface area contributed by atoms with Gasteiger partial charge in [0.05, 0.1) is 16.3 Å². The Hall–Kier alpha value is -1.85. The number of amidine groups is 1. The van der Waals surface area contributed by atoms with E-state index < -0.39 is 5.82 Å². The number of aryl methyl sites for hydroxylation is 1. The van der Waals surface area contributed by atoms with E-state index in [0.29, 0.717) is 17.3 Å². The second-order valence-corrected chi connectivity index (χ2v) is 7.17.